The number of carbonyl (C=O) groups is 1. The summed E-state index contributed by atoms with van der Waals surface area (Å²) in [6.07, 6.45) is 4.04. The first-order valence-electron chi connectivity index (χ1n) is 10.0. The smallest absolute Gasteiger partial charge is 0.246 e. The molecule has 4 rings (SSSR count). The maximum atomic E-state index is 12.9. The first-order valence-corrected chi connectivity index (χ1v) is 10.0. The van der Waals surface area contributed by atoms with Crippen molar-refractivity contribution in [2.45, 2.75) is 76.9 Å². The van der Waals surface area contributed by atoms with Gasteiger partial charge in [-0.25, -0.2) is 0 Å². The van der Waals surface area contributed by atoms with E-state index >= 15 is 0 Å². The number of carbonyl (C=O) groups excluding carboxylic acids is 1. The Balaban J connectivity index is 1.57. The van der Waals surface area contributed by atoms with E-state index in [2.05, 4.69) is 53.3 Å². The minimum Gasteiger partial charge on any atom is -0.359 e. The highest BCUT2D eigenvalue weighted by Crippen LogP contribution is 2.40. The number of fused-ring (bicyclic) bond motifs is 1. The van der Waals surface area contributed by atoms with Crippen molar-refractivity contribution in [3.63, 3.8) is 0 Å². The summed E-state index contributed by atoms with van der Waals surface area (Å²) in [6.45, 7) is 6.88. The zero-order chi connectivity index (χ0) is 19.0. The third kappa shape index (κ3) is 3.70. The molecule has 1 aromatic heterocycles. The summed E-state index contributed by atoms with van der Waals surface area (Å²) in [6, 6.07) is 8.59. The van der Waals surface area contributed by atoms with E-state index in [-0.39, 0.29) is 23.9 Å². The first-order chi connectivity index (χ1) is 13.1. The molecule has 3 unspecified atom stereocenters. The van der Waals surface area contributed by atoms with E-state index in [1.165, 1.54) is 0 Å². The number of hydrogen-bond acceptors (Lipinski definition) is 5. The van der Waals surface area contributed by atoms with E-state index in [9.17, 15) is 4.79 Å². The van der Waals surface area contributed by atoms with Gasteiger partial charge in [0.05, 0.1) is 12.5 Å². The summed E-state index contributed by atoms with van der Waals surface area (Å²) in [7, 11) is 0. The number of rotatable bonds is 6. The van der Waals surface area contributed by atoms with Crippen LogP contribution in [0.1, 0.15) is 75.6 Å². The summed E-state index contributed by atoms with van der Waals surface area (Å²) in [5.74, 6) is 1.99. The van der Waals surface area contributed by atoms with Crippen molar-refractivity contribution in [2.75, 3.05) is 4.90 Å². The topological polar surface area (TPSA) is 71.3 Å². The molecule has 3 atom stereocenters. The molecule has 1 saturated carbocycles. The largest absolute Gasteiger partial charge is 0.359 e. The molecule has 2 aliphatic rings. The van der Waals surface area contributed by atoms with Crippen molar-refractivity contribution in [1.82, 2.24) is 15.5 Å². The van der Waals surface area contributed by atoms with Crippen molar-refractivity contribution in [3.05, 3.63) is 41.5 Å². The quantitative estimate of drug-likeness (QED) is 0.841. The number of benzene rings is 1. The van der Waals surface area contributed by atoms with Gasteiger partial charge in [0.15, 0.2) is 5.82 Å². The molecule has 1 fully saturated rings. The molecule has 1 aromatic carbocycles. The van der Waals surface area contributed by atoms with Gasteiger partial charge < -0.3 is 14.7 Å². The van der Waals surface area contributed by atoms with Gasteiger partial charge in [-0.15, -0.1) is 0 Å². The lowest BCUT2D eigenvalue weighted by Crippen LogP contribution is -2.44. The summed E-state index contributed by atoms with van der Waals surface area (Å²) in [5.41, 5.74) is 2.17. The van der Waals surface area contributed by atoms with Gasteiger partial charge in [-0.1, -0.05) is 30.3 Å². The molecule has 0 bridgehead atoms. The van der Waals surface area contributed by atoms with Crippen LogP contribution in [-0.4, -0.2) is 28.1 Å². The van der Waals surface area contributed by atoms with Gasteiger partial charge in [0, 0.05) is 23.7 Å². The summed E-state index contributed by atoms with van der Waals surface area (Å²) in [5, 5.41) is 7.28. The van der Waals surface area contributed by atoms with Crippen LogP contribution in [0.3, 0.4) is 0 Å². The summed E-state index contributed by atoms with van der Waals surface area (Å²) in [4.78, 5) is 19.7. The summed E-state index contributed by atoms with van der Waals surface area (Å²) < 4.78 is 5.49. The second-order valence-corrected chi connectivity index (χ2v) is 7.96. The van der Waals surface area contributed by atoms with E-state index in [4.69, 9.17) is 4.52 Å². The van der Waals surface area contributed by atoms with Crippen LogP contribution in [-0.2, 0) is 11.3 Å². The number of hydrogen-bond donors (Lipinski definition) is 1. The molecule has 0 saturated heterocycles. The molecule has 6 heteroatoms. The highest BCUT2D eigenvalue weighted by atomic mass is 16.5. The Morgan fingerprint density at radius 3 is 2.89 bits per heavy atom. The Morgan fingerprint density at radius 2 is 2.15 bits per heavy atom. The van der Waals surface area contributed by atoms with Gasteiger partial charge in [0.25, 0.3) is 0 Å². The van der Waals surface area contributed by atoms with Gasteiger partial charge in [-0.3, -0.25) is 4.79 Å². The molecule has 1 aliphatic heterocycles. The van der Waals surface area contributed by atoms with Crippen LogP contribution in [0.25, 0.3) is 0 Å². The second-order valence-electron chi connectivity index (χ2n) is 7.96. The van der Waals surface area contributed by atoms with Crippen LogP contribution >= 0.6 is 0 Å². The maximum Gasteiger partial charge on any atom is 0.246 e. The number of anilines is 1. The molecule has 1 aliphatic carbocycles. The molecule has 27 heavy (non-hydrogen) atoms. The van der Waals surface area contributed by atoms with Crippen LogP contribution in [0.4, 0.5) is 5.69 Å². The highest BCUT2D eigenvalue weighted by molar-refractivity contribution is 5.86. The van der Waals surface area contributed by atoms with E-state index in [1.54, 1.807) is 0 Å². The van der Waals surface area contributed by atoms with Crippen molar-refractivity contribution in [1.29, 1.82) is 0 Å². The SMILES string of the molecule is CCC(C)NC(=O)C1CC(C)N(Cc2nc(C3CC3)no2)c2ccccc21. The Hall–Kier alpha value is -2.37. The predicted molar refractivity (Wildman–Crippen MR) is 104 cm³/mol. The lowest BCUT2D eigenvalue weighted by atomic mass is 9.85. The third-order valence-electron chi connectivity index (χ3n) is 5.78. The van der Waals surface area contributed by atoms with Gasteiger partial charge in [-0.05, 0) is 51.2 Å². The monoisotopic (exact) mass is 368 g/mol. The molecule has 0 spiro atoms. The van der Waals surface area contributed by atoms with E-state index in [1.807, 2.05) is 12.1 Å². The Labute approximate surface area is 160 Å². The van der Waals surface area contributed by atoms with Crippen LogP contribution in [0.2, 0.25) is 0 Å². The fraction of sp³-hybridized carbons (Fsp3) is 0.571. The Bertz CT molecular complexity index is 814. The fourth-order valence-electron chi connectivity index (χ4n) is 3.80. The minimum absolute atomic E-state index is 0.119. The van der Waals surface area contributed by atoms with E-state index in [0.717, 1.165) is 42.8 Å². The molecular formula is C21H28N4O2. The lowest BCUT2D eigenvalue weighted by Gasteiger charge is -2.39. The molecule has 6 nitrogen and oxygen atoms in total. The molecule has 1 amide bonds. The number of amides is 1. The van der Waals surface area contributed by atoms with Gasteiger partial charge in [0.2, 0.25) is 11.8 Å². The summed E-state index contributed by atoms with van der Waals surface area (Å²) >= 11 is 0. The molecule has 1 N–H and O–H groups in total. The Morgan fingerprint density at radius 1 is 1.37 bits per heavy atom. The number of nitrogens with one attached hydrogen (secondary N) is 1. The van der Waals surface area contributed by atoms with Crippen LogP contribution in [0, 0.1) is 0 Å². The molecule has 2 aromatic rings. The molecule has 0 radical (unpaired) electrons. The van der Waals surface area contributed by atoms with Gasteiger partial charge in [-0.2, -0.15) is 4.98 Å². The van der Waals surface area contributed by atoms with Gasteiger partial charge >= 0.3 is 0 Å². The first kappa shape index (κ1) is 18.0. The molecular weight excluding hydrogens is 340 g/mol. The average molecular weight is 368 g/mol. The third-order valence-corrected chi connectivity index (χ3v) is 5.78. The van der Waals surface area contributed by atoms with Crippen molar-refractivity contribution >= 4 is 11.6 Å². The minimum atomic E-state index is -0.119. The normalized spacial score (nSPS) is 23.0. The zero-order valence-electron chi connectivity index (χ0n) is 16.3. The molecule has 144 valence electrons. The number of aromatic nitrogens is 2. The Kier molecular flexibility index (Phi) is 4.89. The van der Waals surface area contributed by atoms with Gasteiger partial charge in [0.1, 0.15) is 0 Å². The molecule has 2 heterocycles. The van der Waals surface area contributed by atoms with Crippen LogP contribution < -0.4 is 10.2 Å². The van der Waals surface area contributed by atoms with Crippen molar-refractivity contribution in [2.24, 2.45) is 0 Å². The second kappa shape index (κ2) is 7.33. The zero-order valence-corrected chi connectivity index (χ0v) is 16.3. The van der Waals surface area contributed by atoms with Crippen molar-refractivity contribution < 1.29 is 9.32 Å². The number of nitrogens with zero attached hydrogens (tertiary/aromatic N) is 3. The average Bonchev–Trinajstić information content (AvgIpc) is 3.42. The lowest BCUT2D eigenvalue weighted by molar-refractivity contribution is -0.123. The van der Waals surface area contributed by atoms with E-state index in [0.29, 0.717) is 18.4 Å². The fourth-order valence-corrected chi connectivity index (χ4v) is 3.80. The maximum absolute atomic E-state index is 12.9. The highest BCUT2D eigenvalue weighted by Gasteiger charge is 2.35. The van der Waals surface area contributed by atoms with Crippen molar-refractivity contribution in [3.8, 4) is 0 Å². The predicted octanol–water partition coefficient (Wildman–Crippen LogP) is 3.74. The van der Waals surface area contributed by atoms with Crippen LogP contribution in [0.15, 0.2) is 28.8 Å². The van der Waals surface area contributed by atoms with Crippen LogP contribution in [0.5, 0.6) is 0 Å². The number of para-hydroxylation sites is 1. The standard InChI is InChI=1S/C21H28N4O2/c1-4-13(2)22-21(26)17-11-14(3)25(18-8-6-5-7-16(17)18)12-19-23-20(24-27-19)15-9-10-15/h5-8,13-15,17H,4,9-12H2,1-3H3,(H,22,26). The van der Waals surface area contributed by atoms with E-state index < -0.39 is 0 Å².